The Hall–Kier alpha value is -2.42. The number of ketones is 1. The number of Topliss-reactive ketones (excluding diaryl/α,β-unsaturated/α-hetero) is 1. The Labute approximate surface area is 130 Å². The summed E-state index contributed by atoms with van der Waals surface area (Å²) in [6, 6.07) is 15.6. The molecule has 1 amide bonds. The van der Waals surface area contributed by atoms with E-state index in [1.807, 2.05) is 49.4 Å². The van der Waals surface area contributed by atoms with E-state index >= 15 is 0 Å². The van der Waals surface area contributed by atoms with E-state index < -0.39 is 0 Å². The molecule has 0 saturated carbocycles. The van der Waals surface area contributed by atoms with E-state index in [4.69, 9.17) is 0 Å². The molecule has 0 aromatic heterocycles. The lowest BCUT2D eigenvalue weighted by molar-refractivity contribution is -0.125. The second-order valence-corrected chi connectivity index (χ2v) is 5.89. The van der Waals surface area contributed by atoms with E-state index in [1.165, 1.54) is 5.56 Å². The Kier molecular flexibility index (Phi) is 4.05. The lowest BCUT2D eigenvalue weighted by Gasteiger charge is -2.22. The summed E-state index contributed by atoms with van der Waals surface area (Å²) in [6.07, 6.45) is 0.943. The fourth-order valence-corrected chi connectivity index (χ4v) is 2.98. The summed E-state index contributed by atoms with van der Waals surface area (Å²) < 4.78 is 0. The summed E-state index contributed by atoms with van der Waals surface area (Å²) in [5.74, 6) is -0.228. The molecule has 22 heavy (non-hydrogen) atoms. The molecule has 0 fully saturated rings. The second-order valence-electron chi connectivity index (χ2n) is 5.89. The molecule has 1 aliphatic carbocycles. The highest BCUT2D eigenvalue weighted by Gasteiger charge is 2.29. The van der Waals surface area contributed by atoms with Crippen LogP contribution in [-0.2, 0) is 17.8 Å². The molecule has 0 bridgehead atoms. The van der Waals surface area contributed by atoms with Crippen LogP contribution in [-0.4, -0.2) is 11.7 Å². The molecule has 0 saturated heterocycles. The smallest absolute Gasteiger partial charge is 0.224 e. The maximum absolute atomic E-state index is 12.3. The first-order valence-electron chi connectivity index (χ1n) is 7.58. The van der Waals surface area contributed by atoms with Crippen molar-refractivity contribution in [1.29, 1.82) is 0 Å². The topological polar surface area (TPSA) is 46.2 Å². The molecule has 1 unspecified atom stereocenters. The van der Waals surface area contributed by atoms with Crippen LogP contribution in [0.5, 0.6) is 0 Å². The van der Waals surface area contributed by atoms with Gasteiger partial charge in [0, 0.05) is 24.4 Å². The first-order valence-corrected chi connectivity index (χ1v) is 7.58. The number of nitrogens with one attached hydrogen (secondary N) is 1. The molecule has 2 aromatic rings. The van der Waals surface area contributed by atoms with Gasteiger partial charge in [0.25, 0.3) is 0 Å². The fraction of sp³-hybridized carbons (Fsp3) is 0.263. The third-order valence-electron chi connectivity index (χ3n) is 4.14. The van der Waals surface area contributed by atoms with Gasteiger partial charge in [0.05, 0.1) is 0 Å². The number of hydrogen-bond acceptors (Lipinski definition) is 2. The summed E-state index contributed by atoms with van der Waals surface area (Å²) in [6.45, 7) is 2.54. The summed E-state index contributed by atoms with van der Waals surface area (Å²) in [4.78, 5) is 24.5. The Morgan fingerprint density at radius 1 is 1.14 bits per heavy atom. The SMILES string of the molecule is Cc1cccc(CNC(=O)C2CC(=O)c3ccccc3C2)c1. The standard InChI is InChI=1S/C19H19NO2/c1-13-5-4-6-14(9-13)12-20-19(22)16-10-15-7-2-3-8-17(15)18(21)11-16/h2-9,16H,10-12H2,1H3,(H,20,22). The highest BCUT2D eigenvalue weighted by Crippen LogP contribution is 2.25. The molecule has 3 heteroatoms. The number of fused-ring (bicyclic) bond motifs is 1. The fourth-order valence-electron chi connectivity index (χ4n) is 2.98. The molecule has 0 heterocycles. The van der Waals surface area contributed by atoms with Crippen molar-refractivity contribution in [2.45, 2.75) is 26.3 Å². The Bertz CT molecular complexity index is 721. The maximum Gasteiger partial charge on any atom is 0.224 e. The van der Waals surface area contributed by atoms with Crippen molar-refractivity contribution < 1.29 is 9.59 Å². The lowest BCUT2D eigenvalue weighted by atomic mass is 9.82. The molecule has 0 aliphatic heterocycles. The van der Waals surface area contributed by atoms with Crippen LogP contribution in [0, 0.1) is 12.8 Å². The third kappa shape index (κ3) is 3.08. The number of rotatable bonds is 3. The van der Waals surface area contributed by atoms with Crippen LogP contribution in [0.4, 0.5) is 0 Å². The van der Waals surface area contributed by atoms with E-state index in [2.05, 4.69) is 11.4 Å². The number of carbonyl (C=O) groups is 2. The molecule has 2 aromatic carbocycles. The summed E-state index contributed by atoms with van der Waals surface area (Å²) in [5, 5.41) is 2.96. The monoisotopic (exact) mass is 293 g/mol. The molecule has 0 radical (unpaired) electrons. The zero-order chi connectivity index (χ0) is 15.5. The maximum atomic E-state index is 12.3. The van der Waals surface area contributed by atoms with Crippen LogP contribution in [0.2, 0.25) is 0 Å². The number of aryl methyl sites for hydroxylation is 1. The Morgan fingerprint density at radius 2 is 1.95 bits per heavy atom. The summed E-state index contributed by atoms with van der Waals surface area (Å²) >= 11 is 0. The lowest BCUT2D eigenvalue weighted by Crippen LogP contribution is -2.35. The second kappa shape index (κ2) is 6.14. The number of benzene rings is 2. The average Bonchev–Trinajstić information content (AvgIpc) is 2.52. The zero-order valence-electron chi connectivity index (χ0n) is 12.6. The van der Waals surface area contributed by atoms with Crippen molar-refractivity contribution >= 4 is 11.7 Å². The van der Waals surface area contributed by atoms with Crippen molar-refractivity contribution in [3.63, 3.8) is 0 Å². The first-order chi connectivity index (χ1) is 10.6. The molecule has 1 N–H and O–H groups in total. The van der Waals surface area contributed by atoms with Crippen molar-refractivity contribution in [2.75, 3.05) is 0 Å². The number of amides is 1. The van der Waals surface area contributed by atoms with Crippen LogP contribution < -0.4 is 5.32 Å². The van der Waals surface area contributed by atoms with Crippen LogP contribution >= 0.6 is 0 Å². The van der Waals surface area contributed by atoms with Gasteiger partial charge in [-0.1, -0.05) is 54.1 Å². The Morgan fingerprint density at radius 3 is 2.77 bits per heavy atom. The van der Waals surface area contributed by atoms with Gasteiger partial charge in [0.2, 0.25) is 5.91 Å². The van der Waals surface area contributed by atoms with Crippen LogP contribution in [0.15, 0.2) is 48.5 Å². The predicted octanol–water partition coefficient (Wildman–Crippen LogP) is 3.06. The molecule has 1 atom stereocenters. The predicted molar refractivity (Wildman–Crippen MR) is 85.6 cm³/mol. The van der Waals surface area contributed by atoms with Crippen molar-refractivity contribution in [3.8, 4) is 0 Å². The molecular formula is C19H19NO2. The van der Waals surface area contributed by atoms with Crippen molar-refractivity contribution in [2.24, 2.45) is 5.92 Å². The largest absolute Gasteiger partial charge is 0.352 e. The highest BCUT2D eigenvalue weighted by atomic mass is 16.2. The van der Waals surface area contributed by atoms with Crippen LogP contribution in [0.25, 0.3) is 0 Å². The normalized spacial score (nSPS) is 17.0. The molecule has 0 spiro atoms. The third-order valence-corrected chi connectivity index (χ3v) is 4.14. The number of carbonyl (C=O) groups excluding carboxylic acids is 2. The van der Waals surface area contributed by atoms with Gasteiger partial charge in [-0.2, -0.15) is 0 Å². The minimum atomic E-state index is -0.257. The van der Waals surface area contributed by atoms with E-state index in [1.54, 1.807) is 0 Å². The van der Waals surface area contributed by atoms with Gasteiger partial charge in [0.1, 0.15) is 0 Å². The summed E-state index contributed by atoms with van der Waals surface area (Å²) in [5.41, 5.74) is 4.00. The van der Waals surface area contributed by atoms with Gasteiger partial charge >= 0.3 is 0 Å². The first kappa shape index (κ1) is 14.5. The number of hydrogen-bond donors (Lipinski definition) is 1. The molecule has 1 aliphatic rings. The minimum absolute atomic E-state index is 0.0376. The van der Waals surface area contributed by atoms with Gasteiger partial charge in [-0.15, -0.1) is 0 Å². The van der Waals surface area contributed by atoms with Crippen molar-refractivity contribution in [3.05, 3.63) is 70.8 Å². The van der Waals surface area contributed by atoms with E-state index in [-0.39, 0.29) is 17.6 Å². The highest BCUT2D eigenvalue weighted by molar-refractivity contribution is 6.01. The van der Waals surface area contributed by atoms with Gasteiger partial charge in [-0.3, -0.25) is 9.59 Å². The van der Waals surface area contributed by atoms with E-state index in [0.717, 1.165) is 16.7 Å². The molecular weight excluding hydrogens is 274 g/mol. The molecule has 3 nitrogen and oxygen atoms in total. The van der Waals surface area contributed by atoms with Crippen LogP contribution in [0.3, 0.4) is 0 Å². The van der Waals surface area contributed by atoms with Gasteiger partial charge < -0.3 is 5.32 Å². The quantitative estimate of drug-likeness (QED) is 0.945. The Balaban J connectivity index is 1.65. The van der Waals surface area contributed by atoms with Gasteiger partial charge in [0.15, 0.2) is 5.78 Å². The molecule has 3 rings (SSSR count). The van der Waals surface area contributed by atoms with E-state index in [0.29, 0.717) is 19.4 Å². The van der Waals surface area contributed by atoms with Crippen LogP contribution in [0.1, 0.15) is 33.5 Å². The zero-order valence-corrected chi connectivity index (χ0v) is 12.6. The minimum Gasteiger partial charge on any atom is -0.352 e. The van der Waals surface area contributed by atoms with Gasteiger partial charge in [-0.25, -0.2) is 0 Å². The van der Waals surface area contributed by atoms with Gasteiger partial charge in [-0.05, 0) is 24.5 Å². The van der Waals surface area contributed by atoms with E-state index in [9.17, 15) is 9.59 Å². The summed E-state index contributed by atoms with van der Waals surface area (Å²) in [7, 11) is 0. The molecule has 112 valence electrons. The van der Waals surface area contributed by atoms with Crippen molar-refractivity contribution in [1.82, 2.24) is 5.32 Å². The average molecular weight is 293 g/mol.